The van der Waals surface area contributed by atoms with Gasteiger partial charge in [-0.05, 0) is 42.0 Å². The van der Waals surface area contributed by atoms with Crippen molar-refractivity contribution in [3.63, 3.8) is 0 Å². The van der Waals surface area contributed by atoms with Crippen LogP contribution >= 0.6 is 24.0 Å². The van der Waals surface area contributed by atoms with E-state index in [2.05, 4.69) is 18.7 Å². The number of anilines is 1. The summed E-state index contributed by atoms with van der Waals surface area (Å²) in [5, 5.41) is 0. The molecule has 4 heterocycles. The second-order valence-corrected chi connectivity index (χ2v) is 10.9. The number of nitrogens with zero attached hydrogens (tertiary/aromatic N) is 4. The van der Waals surface area contributed by atoms with Gasteiger partial charge in [0.2, 0.25) is 0 Å². The van der Waals surface area contributed by atoms with Crippen molar-refractivity contribution in [1.29, 1.82) is 0 Å². The van der Waals surface area contributed by atoms with Gasteiger partial charge >= 0.3 is 0 Å². The molecule has 5 rings (SSSR count). The Morgan fingerprint density at radius 1 is 1.06 bits per heavy atom. The predicted octanol–water partition coefficient (Wildman–Crippen LogP) is 4.58. The fraction of sp³-hybridized carbons (Fsp3) is 0.308. The van der Waals surface area contributed by atoms with Crippen LogP contribution in [0.4, 0.5) is 5.82 Å². The third-order valence-corrected chi connectivity index (χ3v) is 7.63. The minimum atomic E-state index is -0.181. The first-order chi connectivity index (χ1) is 16.4. The number of hydrogen-bond acceptors (Lipinski definition) is 6. The molecule has 0 bridgehead atoms. The van der Waals surface area contributed by atoms with Crippen LogP contribution in [-0.2, 0) is 11.3 Å². The molecule has 2 aliphatic rings. The van der Waals surface area contributed by atoms with Crippen LogP contribution in [0.1, 0.15) is 31.4 Å². The summed E-state index contributed by atoms with van der Waals surface area (Å²) >= 11 is 6.77. The van der Waals surface area contributed by atoms with E-state index < -0.39 is 0 Å². The minimum Gasteiger partial charge on any atom is -0.355 e. The Labute approximate surface area is 208 Å². The number of piperidine rings is 1. The predicted molar refractivity (Wildman–Crippen MR) is 142 cm³/mol. The van der Waals surface area contributed by atoms with Crippen LogP contribution in [0.15, 0.2) is 64.4 Å². The molecular formula is C26H26N4O2S2. The van der Waals surface area contributed by atoms with Crippen LogP contribution in [0.25, 0.3) is 11.7 Å². The number of rotatable bonds is 4. The van der Waals surface area contributed by atoms with E-state index in [1.807, 2.05) is 48.5 Å². The molecule has 6 nitrogen and oxygen atoms in total. The lowest BCUT2D eigenvalue weighted by Gasteiger charge is -2.36. The van der Waals surface area contributed by atoms with Crippen LogP contribution in [-0.4, -0.2) is 37.6 Å². The fourth-order valence-corrected chi connectivity index (χ4v) is 6.06. The summed E-state index contributed by atoms with van der Waals surface area (Å²) in [5.41, 5.74) is 1.86. The Kier molecular flexibility index (Phi) is 6.27. The second kappa shape index (κ2) is 9.35. The topological polar surface area (TPSA) is 57.9 Å². The lowest BCUT2D eigenvalue weighted by atomic mass is 9.91. The smallest absolute Gasteiger partial charge is 0.267 e. The molecule has 0 radical (unpaired) electrons. The van der Waals surface area contributed by atoms with E-state index in [-0.39, 0.29) is 11.5 Å². The lowest BCUT2D eigenvalue weighted by Crippen LogP contribution is -2.40. The monoisotopic (exact) mass is 490 g/mol. The Morgan fingerprint density at radius 3 is 2.50 bits per heavy atom. The van der Waals surface area contributed by atoms with Crippen molar-refractivity contribution >= 4 is 51.7 Å². The van der Waals surface area contributed by atoms with Crippen LogP contribution in [0.5, 0.6) is 0 Å². The van der Waals surface area contributed by atoms with E-state index in [4.69, 9.17) is 17.2 Å². The zero-order chi connectivity index (χ0) is 23.8. The van der Waals surface area contributed by atoms with Crippen molar-refractivity contribution < 1.29 is 4.79 Å². The standard InChI is InChI=1S/C26H26N4O2S2/c1-17-12-18(2)15-28(14-17)23-20(24(31)29-11-7-6-10-22(29)27-23)13-21-25(32)30(26(33)34-21)16-19-8-4-3-5-9-19/h3-11,13,17-18H,12,14-16H2,1-2H3/b21-13+/t17-,18+. The van der Waals surface area contributed by atoms with Crippen molar-refractivity contribution in [3.05, 3.63) is 81.1 Å². The molecule has 0 aliphatic carbocycles. The summed E-state index contributed by atoms with van der Waals surface area (Å²) in [4.78, 5) is 36.0. The van der Waals surface area contributed by atoms with Gasteiger partial charge < -0.3 is 4.90 Å². The molecule has 1 aromatic carbocycles. The summed E-state index contributed by atoms with van der Waals surface area (Å²) in [7, 11) is 0. The van der Waals surface area contributed by atoms with E-state index in [0.717, 1.165) is 25.1 Å². The van der Waals surface area contributed by atoms with Gasteiger partial charge in [-0.1, -0.05) is 74.2 Å². The molecule has 2 aliphatic heterocycles. The largest absolute Gasteiger partial charge is 0.355 e. The highest BCUT2D eigenvalue weighted by molar-refractivity contribution is 8.26. The van der Waals surface area contributed by atoms with Crippen molar-refractivity contribution in [2.75, 3.05) is 18.0 Å². The van der Waals surface area contributed by atoms with E-state index >= 15 is 0 Å². The summed E-state index contributed by atoms with van der Waals surface area (Å²) in [5.74, 6) is 1.46. The minimum absolute atomic E-state index is 0.178. The maximum Gasteiger partial charge on any atom is 0.267 e. The number of amides is 1. The third kappa shape index (κ3) is 4.40. The molecule has 0 spiro atoms. The number of carbonyl (C=O) groups excluding carboxylic acids is 1. The molecular weight excluding hydrogens is 464 g/mol. The summed E-state index contributed by atoms with van der Waals surface area (Å²) in [6.45, 7) is 6.52. The Morgan fingerprint density at radius 2 is 1.76 bits per heavy atom. The van der Waals surface area contributed by atoms with Gasteiger partial charge in [0.25, 0.3) is 11.5 Å². The molecule has 1 amide bonds. The van der Waals surface area contributed by atoms with Gasteiger partial charge in [0.05, 0.1) is 17.0 Å². The van der Waals surface area contributed by atoms with Gasteiger partial charge in [0.1, 0.15) is 15.8 Å². The molecule has 2 saturated heterocycles. The summed E-state index contributed by atoms with van der Waals surface area (Å²) in [6, 6.07) is 15.3. The van der Waals surface area contributed by atoms with E-state index in [9.17, 15) is 9.59 Å². The van der Waals surface area contributed by atoms with Crippen LogP contribution in [0, 0.1) is 11.8 Å². The van der Waals surface area contributed by atoms with Crippen molar-refractivity contribution in [1.82, 2.24) is 14.3 Å². The quantitative estimate of drug-likeness (QED) is 0.394. The Hall–Kier alpha value is -2.97. The highest BCUT2D eigenvalue weighted by Crippen LogP contribution is 2.35. The molecule has 2 fully saturated rings. The molecule has 8 heteroatoms. The van der Waals surface area contributed by atoms with Crippen LogP contribution in [0.2, 0.25) is 0 Å². The van der Waals surface area contributed by atoms with Gasteiger partial charge in [-0.15, -0.1) is 0 Å². The number of aromatic nitrogens is 2. The van der Waals surface area contributed by atoms with Crippen LogP contribution in [0.3, 0.4) is 0 Å². The molecule has 0 N–H and O–H groups in total. The molecule has 174 valence electrons. The van der Waals surface area contributed by atoms with E-state index in [1.165, 1.54) is 16.2 Å². The Bertz CT molecular complexity index is 1340. The average Bonchev–Trinajstić information content (AvgIpc) is 3.08. The highest BCUT2D eigenvalue weighted by Gasteiger charge is 2.33. The van der Waals surface area contributed by atoms with Crippen molar-refractivity contribution in [3.8, 4) is 0 Å². The summed E-state index contributed by atoms with van der Waals surface area (Å²) < 4.78 is 2.03. The third-order valence-electron chi connectivity index (χ3n) is 6.25. The van der Waals surface area contributed by atoms with Gasteiger partial charge in [0, 0.05) is 19.3 Å². The maximum atomic E-state index is 13.6. The van der Waals surface area contributed by atoms with Crippen LogP contribution < -0.4 is 10.5 Å². The normalized spacial score (nSPS) is 22.2. The summed E-state index contributed by atoms with van der Waals surface area (Å²) in [6.07, 6.45) is 4.56. The van der Waals surface area contributed by atoms with Crippen molar-refractivity contribution in [2.45, 2.75) is 26.8 Å². The average molecular weight is 491 g/mol. The highest BCUT2D eigenvalue weighted by atomic mass is 32.2. The number of pyridine rings is 1. The Balaban J connectivity index is 1.57. The lowest BCUT2D eigenvalue weighted by molar-refractivity contribution is -0.122. The zero-order valence-corrected chi connectivity index (χ0v) is 20.8. The molecule has 34 heavy (non-hydrogen) atoms. The van der Waals surface area contributed by atoms with Crippen molar-refractivity contribution in [2.24, 2.45) is 11.8 Å². The molecule has 2 atom stereocenters. The van der Waals surface area contributed by atoms with E-state index in [1.54, 1.807) is 17.2 Å². The number of fused-ring (bicyclic) bond motifs is 1. The maximum absolute atomic E-state index is 13.6. The number of thiocarbonyl (C=S) groups is 1. The zero-order valence-electron chi connectivity index (χ0n) is 19.2. The van der Waals surface area contributed by atoms with Gasteiger partial charge in [0.15, 0.2) is 0 Å². The number of hydrogen-bond donors (Lipinski definition) is 0. The molecule has 2 aromatic heterocycles. The first-order valence-corrected chi connectivity index (χ1v) is 12.7. The molecule has 0 saturated carbocycles. The molecule has 3 aromatic rings. The number of benzene rings is 1. The number of thioether (sulfide) groups is 1. The van der Waals surface area contributed by atoms with Gasteiger partial charge in [-0.2, -0.15) is 0 Å². The van der Waals surface area contributed by atoms with Gasteiger partial charge in [-0.25, -0.2) is 4.98 Å². The SMILES string of the molecule is C[C@@H]1C[C@H](C)CN(c2nc3ccccn3c(=O)c2/C=C2/SC(=S)N(Cc3ccccc3)C2=O)C1. The molecule has 0 unspecified atom stereocenters. The number of carbonyl (C=O) groups is 1. The van der Waals surface area contributed by atoms with Gasteiger partial charge in [-0.3, -0.25) is 18.9 Å². The first-order valence-electron chi connectivity index (χ1n) is 11.5. The van der Waals surface area contributed by atoms with E-state index in [0.29, 0.717) is 44.6 Å². The second-order valence-electron chi connectivity index (χ2n) is 9.19. The first kappa shape index (κ1) is 22.8. The fourth-order valence-electron chi connectivity index (χ4n) is 4.83.